The zero-order valence-corrected chi connectivity index (χ0v) is 16.5. The molecule has 1 aliphatic rings. The standard InChI is InChI=1S/C20H20BN5O2S/c22-11-14-6-7-23-19(10-14)25-20-24-17(13-29-20)18-5-2-8-26(18)12-15-3-1-4-16(9-15)21(27)28/h1,3-4,6-7,9-10,13,18,27-28H,2,5,8,12H2,(H,23,24,25)/t18-/m1/s1. The summed E-state index contributed by atoms with van der Waals surface area (Å²) in [7, 11) is -1.45. The fourth-order valence-corrected chi connectivity index (χ4v) is 4.38. The van der Waals surface area contributed by atoms with Crippen LogP contribution in [0.15, 0.2) is 48.0 Å². The molecule has 1 aromatic carbocycles. The van der Waals surface area contributed by atoms with E-state index in [0.717, 1.165) is 42.3 Å². The van der Waals surface area contributed by atoms with Crippen molar-refractivity contribution < 1.29 is 10.0 Å². The molecule has 146 valence electrons. The Morgan fingerprint density at radius 2 is 2.21 bits per heavy atom. The van der Waals surface area contributed by atoms with Crippen LogP contribution in [0.2, 0.25) is 0 Å². The third kappa shape index (κ3) is 4.63. The minimum atomic E-state index is -1.45. The summed E-state index contributed by atoms with van der Waals surface area (Å²) in [5, 5.41) is 33.8. The Morgan fingerprint density at radius 3 is 3.03 bits per heavy atom. The first-order valence-electron chi connectivity index (χ1n) is 9.40. The first-order valence-corrected chi connectivity index (χ1v) is 10.3. The number of nitrogens with one attached hydrogen (secondary N) is 1. The van der Waals surface area contributed by atoms with Gasteiger partial charge in [-0.15, -0.1) is 11.3 Å². The van der Waals surface area contributed by atoms with Crippen LogP contribution in [0.4, 0.5) is 10.9 Å². The summed E-state index contributed by atoms with van der Waals surface area (Å²) in [5.74, 6) is 0.604. The number of thiazole rings is 1. The van der Waals surface area contributed by atoms with E-state index in [2.05, 4.69) is 26.6 Å². The summed E-state index contributed by atoms with van der Waals surface area (Å²) in [5.41, 5.74) is 3.13. The molecule has 0 aliphatic carbocycles. The second kappa shape index (κ2) is 8.72. The summed E-state index contributed by atoms with van der Waals surface area (Å²) in [6.07, 6.45) is 3.73. The van der Waals surface area contributed by atoms with Crippen LogP contribution in [0.5, 0.6) is 0 Å². The number of anilines is 2. The third-order valence-electron chi connectivity index (χ3n) is 4.99. The molecule has 0 unspecified atom stereocenters. The average molecular weight is 405 g/mol. The fraction of sp³-hybridized carbons (Fsp3) is 0.250. The molecule has 0 saturated carbocycles. The van der Waals surface area contributed by atoms with E-state index in [4.69, 9.17) is 10.2 Å². The van der Waals surface area contributed by atoms with Crippen molar-refractivity contribution in [2.24, 2.45) is 0 Å². The van der Waals surface area contributed by atoms with Crippen molar-refractivity contribution >= 4 is 34.9 Å². The fourth-order valence-electron chi connectivity index (χ4n) is 3.61. The summed E-state index contributed by atoms with van der Waals surface area (Å²) in [4.78, 5) is 11.4. The molecule has 0 bridgehead atoms. The van der Waals surface area contributed by atoms with Crippen LogP contribution in [0.3, 0.4) is 0 Å². The van der Waals surface area contributed by atoms with Gasteiger partial charge in [-0.05, 0) is 42.5 Å². The molecule has 1 aliphatic heterocycles. The van der Waals surface area contributed by atoms with Crippen LogP contribution in [-0.2, 0) is 6.54 Å². The van der Waals surface area contributed by atoms with Crippen molar-refractivity contribution in [1.29, 1.82) is 5.26 Å². The second-order valence-electron chi connectivity index (χ2n) is 6.99. The first-order chi connectivity index (χ1) is 14.1. The van der Waals surface area contributed by atoms with Gasteiger partial charge in [0.2, 0.25) is 0 Å². The number of benzene rings is 1. The highest BCUT2D eigenvalue weighted by molar-refractivity contribution is 7.13. The summed E-state index contributed by atoms with van der Waals surface area (Å²) in [6.45, 7) is 1.71. The van der Waals surface area contributed by atoms with Gasteiger partial charge in [0, 0.05) is 18.1 Å². The van der Waals surface area contributed by atoms with Crippen molar-refractivity contribution in [1.82, 2.24) is 14.9 Å². The molecule has 0 spiro atoms. The van der Waals surface area contributed by atoms with E-state index < -0.39 is 7.12 Å². The van der Waals surface area contributed by atoms with Crippen LogP contribution in [-0.4, -0.2) is 38.6 Å². The van der Waals surface area contributed by atoms with Gasteiger partial charge in [0.05, 0.1) is 23.4 Å². The maximum absolute atomic E-state index is 9.40. The van der Waals surface area contributed by atoms with Crippen LogP contribution >= 0.6 is 11.3 Å². The molecule has 4 rings (SSSR count). The van der Waals surface area contributed by atoms with E-state index in [0.29, 0.717) is 16.8 Å². The molecule has 3 aromatic rings. The largest absolute Gasteiger partial charge is 0.488 e. The van der Waals surface area contributed by atoms with Crippen molar-refractivity contribution in [2.75, 3.05) is 11.9 Å². The number of hydrogen-bond acceptors (Lipinski definition) is 8. The minimum Gasteiger partial charge on any atom is -0.423 e. The highest BCUT2D eigenvalue weighted by atomic mass is 32.1. The smallest absolute Gasteiger partial charge is 0.423 e. The SMILES string of the molecule is N#Cc1ccnc(Nc2nc([C@H]3CCCN3Cc3cccc(B(O)O)c3)cs2)c1. The topological polar surface area (TPSA) is 105 Å². The molecular formula is C20H20BN5O2S. The predicted molar refractivity (Wildman–Crippen MR) is 113 cm³/mol. The predicted octanol–water partition coefficient (Wildman–Crippen LogP) is 2.17. The van der Waals surface area contributed by atoms with Gasteiger partial charge in [-0.1, -0.05) is 24.3 Å². The maximum atomic E-state index is 9.40. The third-order valence-corrected chi connectivity index (χ3v) is 5.76. The molecule has 2 aromatic heterocycles. The molecule has 1 saturated heterocycles. The van der Waals surface area contributed by atoms with Crippen molar-refractivity contribution in [3.05, 3.63) is 64.8 Å². The number of nitriles is 1. The van der Waals surface area contributed by atoms with Gasteiger partial charge in [0.1, 0.15) is 5.82 Å². The molecule has 1 atom stereocenters. The normalized spacial score (nSPS) is 16.5. The van der Waals surface area contributed by atoms with E-state index in [-0.39, 0.29) is 6.04 Å². The monoisotopic (exact) mass is 405 g/mol. The molecule has 9 heteroatoms. The average Bonchev–Trinajstić information content (AvgIpc) is 3.37. The Labute approximate surface area is 173 Å². The molecule has 0 radical (unpaired) electrons. The summed E-state index contributed by atoms with van der Waals surface area (Å²) >= 11 is 1.52. The van der Waals surface area contributed by atoms with E-state index in [9.17, 15) is 10.0 Å². The quantitative estimate of drug-likeness (QED) is 0.540. The molecule has 29 heavy (non-hydrogen) atoms. The van der Waals surface area contributed by atoms with Gasteiger partial charge in [-0.25, -0.2) is 9.97 Å². The number of hydrogen-bond donors (Lipinski definition) is 3. The van der Waals surface area contributed by atoms with Gasteiger partial charge in [-0.2, -0.15) is 5.26 Å². The lowest BCUT2D eigenvalue weighted by atomic mass is 9.79. The zero-order chi connectivity index (χ0) is 20.2. The lowest BCUT2D eigenvalue weighted by molar-refractivity contribution is 0.245. The number of rotatable bonds is 6. The number of aromatic nitrogens is 2. The van der Waals surface area contributed by atoms with Crippen LogP contribution in [0.25, 0.3) is 0 Å². The molecule has 0 amide bonds. The first kappa shape index (κ1) is 19.5. The maximum Gasteiger partial charge on any atom is 0.488 e. The highest BCUT2D eigenvalue weighted by Crippen LogP contribution is 2.35. The zero-order valence-electron chi connectivity index (χ0n) is 15.7. The van der Waals surface area contributed by atoms with Gasteiger partial charge < -0.3 is 15.4 Å². The molecule has 3 heterocycles. The van der Waals surface area contributed by atoms with Gasteiger partial charge in [0.15, 0.2) is 5.13 Å². The minimum absolute atomic E-state index is 0.225. The Balaban J connectivity index is 1.46. The van der Waals surface area contributed by atoms with E-state index in [1.54, 1.807) is 24.4 Å². The van der Waals surface area contributed by atoms with Crippen LogP contribution in [0.1, 0.15) is 35.7 Å². The summed E-state index contributed by atoms with van der Waals surface area (Å²) in [6, 6.07) is 13.1. The van der Waals surface area contributed by atoms with Gasteiger partial charge >= 0.3 is 7.12 Å². The van der Waals surface area contributed by atoms with Crippen LogP contribution in [0, 0.1) is 11.3 Å². The highest BCUT2D eigenvalue weighted by Gasteiger charge is 2.28. The van der Waals surface area contributed by atoms with Crippen molar-refractivity contribution in [3.8, 4) is 6.07 Å². The number of nitrogens with zero attached hydrogens (tertiary/aromatic N) is 4. The Kier molecular flexibility index (Phi) is 5.88. The van der Waals surface area contributed by atoms with Crippen molar-refractivity contribution in [3.63, 3.8) is 0 Å². The number of pyridine rings is 1. The second-order valence-corrected chi connectivity index (χ2v) is 7.85. The molecular weight excluding hydrogens is 385 g/mol. The van der Waals surface area contributed by atoms with E-state index in [1.807, 2.05) is 18.2 Å². The van der Waals surface area contributed by atoms with E-state index >= 15 is 0 Å². The molecule has 3 N–H and O–H groups in total. The Hall–Kier alpha value is -2.77. The Morgan fingerprint density at radius 1 is 1.31 bits per heavy atom. The number of likely N-dealkylation sites (tertiary alicyclic amines) is 1. The van der Waals surface area contributed by atoms with Gasteiger partial charge in [-0.3, -0.25) is 4.90 Å². The van der Waals surface area contributed by atoms with E-state index in [1.165, 1.54) is 11.3 Å². The van der Waals surface area contributed by atoms with Gasteiger partial charge in [0.25, 0.3) is 0 Å². The Bertz CT molecular complexity index is 1040. The molecule has 7 nitrogen and oxygen atoms in total. The lowest BCUT2D eigenvalue weighted by Crippen LogP contribution is -2.30. The summed E-state index contributed by atoms with van der Waals surface area (Å²) < 4.78 is 0. The lowest BCUT2D eigenvalue weighted by Gasteiger charge is -2.23. The van der Waals surface area contributed by atoms with Crippen molar-refractivity contribution in [2.45, 2.75) is 25.4 Å². The van der Waals surface area contributed by atoms with Crippen LogP contribution < -0.4 is 10.8 Å². The molecule has 1 fully saturated rings.